The zero-order valence-corrected chi connectivity index (χ0v) is 9.42. The van der Waals surface area contributed by atoms with Gasteiger partial charge in [-0.1, -0.05) is 12.1 Å². The smallest absolute Gasteiger partial charge is 0.262 e. The standard InChI is InChI=1S/C11H9ClF2N2O/c12-5-9(17)16-10(11(13)14)8-3-1-7(6-15)2-4-8/h1-4,10-11H,5H2,(H,16,17)/t10-/m0/s1. The molecule has 0 heterocycles. The van der Waals surface area contributed by atoms with Crippen molar-refractivity contribution in [2.45, 2.75) is 12.5 Å². The first-order valence-corrected chi connectivity index (χ1v) is 5.25. The highest BCUT2D eigenvalue weighted by Crippen LogP contribution is 2.21. The summed E-state index contributed by atoms with van der Waals surface area (Å²) in [6, 6.07) is 6.06. The predicted molar refractivity (Wildman–Crippen MR) is 58.8 cm³/mol. The number of carbonyl (C=O) groups excluding carboxylic acids is 1. The molecule has 1 N–H and O–H groups in total. The molecule has 0 aliphatic carbocycles. The molecule has 0 saturated heterocycles. The highest BCUT2D eigenvalue weighted by atomic mass is 35.5. The van der Waals surface area contributed by atoms with Crippen molar-refractivity contribution in [2.75, 3.05) is 5.88 Å². The van der Waals surface area contributed by atoms with Gasteiger partial charge < -0.3 is 5.32 Å². The fourth-order valence-electron chi connectivity index (χ4n) is 1.27. The Morgan fingerprint density at radius 2 is 2.00 bits per heavy atom. The predicted octanol–water partition coefficient (Wildman–Crippen LogP) is 2.22. The molecule has 90 valence electrons. The third-order valence-corrected chi connectivity index (χ3v) is 2.33. The van der Waals surface area contributed by atoms with E-state index in [1.165, 1.54) is 24.3 Å². The van der Waals surface area contributed by atoms with Gasteiger partial charge in [-0.15, -0.1) is 11.6 Å². The Kier molecular flexibility index (Phi) is 4.85. The maximum atomic E-state index is 12.7. The quantitative estimate of drug-likeness (QED) is 0.842. The molecule has 0 fully saturated rings. The molecule has 1 aromatic carbocycles. The van der Waals surface area contributed by atoms with Gasteiger partial charge in [0.15, 0.2) is 0 Å². The van der Waals surface area contributed by atoms with Gasteiger partial charge in [-0.2, -0.15) is 5.26 Å². The van der Waals surface area contributed by atoms with Crippen LogP contribution in [-0.2, 0) is 4.79 Å². The highest BCUT2D eigenvalue weighted by Gasteiger charge is 2.23. The van der Waals surface area contributed by atoms with Gasteiger partial charge in [-0.05, 0) is 17.7 Å². The lowest BCUT2D eigenvalue weighted by Crippen LogP contribution is -2.33. The number of hydrogen-bond acceptors (Lipinski definition) is 2. The van der Waals surface area contributed by atoms with E-state index < -0.39 is 18.4 Å². The summed E-state index contributed by atoms with van der Waals surface area (Å²) in [5.41, 5.74) is 0.600. The van der Waals surface area contributed by atoms with Gasteiger partial charge in [0.25, 0.3) is 6.43 Å². The van der Waals surface area contributed by atoms with Crippen molar-refractivity contribution in [2.24, 2.45) is 0 Å². The Hall–Kier alpha value is -1.67. The Bertz CT molecular complexity index is 428. The average Bonchev–Trinajstić information content (AvgIpc) is 2.35. The van der Waals surface area contributed by atoms with E-state index in [1.54, 1.807) is 0 Å². The number of carbonyl (C=O) groups is 1. The highest BCUT2D eigenvalue weighted by molar-refractivity contribution is 6.27. The minimum atomic E-state index is -2.74. The van der Waals surface area contributed by atoms with Crippen molar-refractivity contribution in [1.82, 2.24) is 5.32 Å². The lowest BCUT2D eigenvalue weighted by atomic mass is 10.1. The van der Waals surface area contributed by atoms with Crippen molar-refractivity contribution in [3.63, 3.8) is 0 Å². The first kappa shape index (κ1) is 13.4. The van der Waals surface area contributed by atoms with E-state index in [9.17, 15) is 13.6 Å². The van der Waals surface area contributed by atoms with Crippen LogP contribution in [0.1, 0.15) is 17.2 Å². The number of amides is 1. The molecule has 0 aliphatic rings. The number of halogens is 3. The zero-order valence-electron chi connectivity index (χ0n) is 8.66. The molecule has 1 atom stereocenters. The Balaban J connectivity index is 2.90. The van der Waals surface area contributed by atoms with E-state index in [0.717, 1.165) is 0 Å². The lowest BCUT2D eigenvalue weighted by molar-refractivity contribution is -0.120. The third kappa shape index (κ3) is 3.68. The van der Waals surface area contributed by atoms with Crippen LogP contribution in [0.25, 0.3) is 0 Å². The molecule has 1 rings (SSSR count). The molecule has 0 bridgehead atoms. The van der Waals surface area contributed by atoms with E-state index in [1.807, 2.05) is 6.07 Å². The van der Waals surface area contributed by atoms with Crippen molar-refractivity contribution in [1.29, 1.82) is 5.26 Å². The summed E-state index contributed by atoms with van der Waals surface area (Å²) >= 11 is 5.24. The molecule has 0 spiro atoms. The van der Waals surface area contributed by atoms with E-state index in [2.05, 4.69) is 5.32 Å². The van der Waals surface area contributed by atoms with Gasteiger partial charge in [0.05, 0.1) is 11.6 Å². The van der Waals surface area contributed by atoms with Crippen LogP contribution in [0.5, 0.6) is 0 Å². The number of rotatable bonds is 4. The summed E-state index contributed by atoms with van der Waals surface area (Å²) in [5, 5.41) is 10.7. The topological polar surface area (TPSA) is 52.9 Å². The molecule has 17 heavy (non-hydrogen) atoms. The number of nitrogens with one attached hydrogen (secondary N) is 1. The van der Waals surface area contributed by atoms with Crippen LogP contribution in [0.2, 0.25) is 0 Å². The van der Waals surface area contributed by atoms with E-state index in [-0.39, 0.29) is 11.4 Å². The number of alkyl halides is 3. The SMILES string of the molecule is N#Cc1ccc([C@H](NC(=O)CCl)C(F)F)cc1. The number of benzene rings is 1. The molecule has 1 aromatic rings. The maximum absolute atomic E-state index is 12.7. The molecule has 3 nitrogen and oxygen atoms in total. The largest absolute Gasteiger partial charge is 0.343 e. The van der Waals surface area contributed by atoms with Gasteiger partial charge in [-0.3, -0.25) is 4.79 Å². The Labute approximate surface area is 102 Å². The fraction of sp³-hybridized carbons (Fsp3) is 0.273. The molecule has 0 aliphatic heterocycles. The van der Waals surface area contributed by atoms with Gasteiger partial charge >= 0.3 is 0 Å². The van der Waals surface area contributed by atoms with Crippen LogP contribution in [0.4, 0.5) is 8.78 Å². The van der Waals surface area contributed by atoms with Crippen molar-refractivity contribution < 1.29 is 13.6 Å². The van der Waals surface area contributed by atoms with Crippen LogP contribution in [-0.4, -0.2) is 18.2 Å². The lowest BCUT2D eigenvalue weighted by Gasteiger charge is -2.17. The van der Waals surface area contributed by atoms with Crippen molar-refractivity contribution >= 4 is 17.5 Å². The third-order valence-electron chi connectivity index (χ3n) is 2.09. The maximum Gasteiger partial charge on any atom is 0.262 e. The van der Waals surface area contributed by atoms with E-state index >= 15 is 0 Å². The van der Waals surface area contributed by atoms with Gasteiger partial charge in [-0.25, -0.2) is 8.78 Å². The monoisotopic (exact) mass is 258 g/mol. The number of nitriles is 1. The minimum Gasteiger partial charge on any atom is -0.343 e. The average molecular weight is 259 g/mol. The zero-order chi connectivity index (χ0) is 12.8. The normalized spacial score (nSPS) is 11.9. The van der Waals surface area contributed by atoms with Gasteiger partial charge in [0.2, 0.25) is 5.91 Å². The molecule has 1 amide bonds. The first-order valence-electron chi connectivity index (χ1n) is 4.72. The Morgan fingerprint density at radius 3 is 2.41 bits per heavy atom. The second-order valence-electron chi connectivity index (χ2n) is 3.25. The number of nitrogens with zero attached hydrogens (tertiary/aromatic N) is 1. The molecular formula is C11H9ClF2N2O. The van der Waals surface area contributed by atoms with Gasteiger partial charge in [0, 0.05) is 0 Å². The summed E-state index contributed by atoms with van der Waals surface area (Å²) in [5.74, 6) is -1.04. The van der Waals surface area contributed by atoms with Crippen LogP contribution < -0.4 is 5.32 Å². The molecule has 0 saturated carbocycles. The summed E-state index contributed by atoms with van der Waals surface area (Å²) in [6.07, 6.45) is -2.74. The van der Waals surface area contributed by atoms with Crippen molar-refractivity contribution in [3.8, 4) is 6.07 Å². The fourth-order valence-corrected chi connectivity index (χ4v) is 1.35. The van der Waals surface area contributed by atoms with Crippen molar-refractivity contribution in [3.05, 3.63) is 35.4 Å². The van der Waals surface area contributed by atoms with E-state index in [4.69, 9.17) is 16.9 Å². The summed E-state index contributed by atoms with van der Waals surface area (Å²) in [6.45, 7) is 0. The first-order chi connectivity index (χ1) is 8.08. The Morgan fingerprint density at radius 1 is 1.41 bits per heavy atom. The second kappa shape index (κ2) is 6.16. The molecule has 6 heteroatoms. The molecule has 0 aromatic heterocycles. The number of hydrogen-bond donors (Lipinski definition) is 1. The van der Waals surface area contributed by atoms with Crippen LogP contribution in [0.15, 0.2) is 24.3 Å². The molecular weight excluding hydrogens is 250 g/mol. The van der Waals surface area contributed by atoms with Crippen LogP contribution in [0.3, 0.4) is 0 Å². The summed E-state index contributed by atoms with van der Waals surface area (Å²) < 4.78 is 25.5. The molecule has 0 radical (unpaired) electrons. The summed E-state index contributed by atoms with van der Waals surface area (Å²) in [4.78, 5) is 11.0. The van der Waals surface area contributed by atoms with Crippen LogP contribution >= 0.6 is 11.6 Å². The minimum absolute atomic E-state index is 0.234. The van der Waals surface area contributed by atoms with E-state index in [0.29, 0.717) is 5.56 Å². The van der Waals surface area contributed by atoms with Gasteiger partial charge in [0.1, 0.15) is 11.9 Å². The molecule has 0 unspecified atom stereocenters. The second-order valence-corrected chi connectivity index (χ2v) is 3.51. The summed E-state index contributed by atoms with van der Waals surface area (Å²) in [7, 11) is 0. The van der Waals surface area contributed by atoms with Crippen LogP contribution in [0, 0.1) is 11.3 Å².